The second-order valence-corrected chi connectivity index (χ2v) is 4.09. The summed E-state index contributed by atoms with van der Waals surface area (Å²) in [6, 6.07) is 1.99. The average Bonchev–Trinajstić information content (AvgIpc) is 2.75. The molecule has 0 radical (unpaired) electrons. The first kappa shape index (κ1) is 12.8. The smallest absolute Gasteiger partial charge is 0.152 e. The van der Waals surface area contributed by atoms with Gasteiger partial charge in [-0.2, -0.15) is 5.10 Å². The van der Waals surface area contributed by atoms with Crippen LogP contribution in [0.25, 0.3) is 5.52 Å². The molecular weight excluding hydrogens is 232 g/mol. The van der Waals surface area contributed by atoms with Gasteiger partial charge in [0.25, 0.3) is 0 Å². The van der Waals surface area contributed by atoms with Crippen molar-refractivity contribution in [1.82, 2.24) is 14.6 Å². The van der Waals surface area contributed by atoms with Gasteiger partial charge in [-0.3, -0.25) is 0 Å². The summed E-state index contributed by atoms with van der Waals surface area (Å²) < 4.78 is 12.2. The van der Waals surface area contributed by atoms with Crippen molar-refractivity contribution in [2.45, 2.75) is 13.0 Å². The minimum atomic E-state index is 0.000995. The minimum Gasteiger partial charge on any atom is -0.382 e. The van der Waals surface area contributed by atoms with E-state index in [-0.39, 0.29) is 6.10 Å². The Morgan fingerprint density at radius 1 is 1.44 bits per heavy atom. The Balaban J connectivity index is 2.11. The van der Waals surface area contributed by atoms with Crippen LogP contribution in [0.1, 0.15) is 5.69 Å². The molecule has 6 heteroatoms. The van der Waals surface area contributed by atoms with E-state index in [1.807, 2.05) is 23.7 Å². The van der Waals surface area contributed by atoms with Gasteiger partial charge in [-0.25, -0.2) is 9.50 Å². The molecule has 0 spiro atoms. The lowest BCUT2D eigenvalue weighted by Crippen LogP contribution is -2.27. The Morgan fingerprint density at radius 3 is 3.00 bits per heavy atom. The van der Waals surface area contributed by atoms with Gasteiger partial charge in [0.2, 0.25) is 0 Å². The molecule has 0 fully saturated rings. The number of fused-ring (bicyclic) bond motifs is 1. The Bertz CT molecular complexity index is 512. The van der Waals surface area contributed by atoms with Gasteiger partial charge in [0.05, 0.1) is 18.4 Å². The third-order valence-corrected chi connectivity index (χ3v) is 2.70. The van der Waals surface area contributed by atoms with Gasteiger partial charge in [-0.05, 0) is 13.0 Å². The molecule has 18 heavy (non-hydrogen) atoms. The SMILES string of the molecule is COCC(CNc1nccn2nc(C)cc12)OC. The highest BCUT2D eigenvalue weighted by atomic mass is 16.5. The van der Waals surface area contributed by atoms with E-state index in [0.717, 1.165) is 17.0 Å². The summed E-state index contributed by atoms with van der Waals surface area (Å²) in [6.45, 7) is 3.14. The first-order valence-electron chi connectivity index (χ1n) is 5.81. The molecule has 1 unspecified atom stereocenters. The highest BCUT2D eigenvalue weighted by Gasteiger charge is 2.09. The van der Waals surface area contributed by atoms with Crippen LogP contribution in [-0.4, -0.2) is 48.1 Å². The number of nitrogens with one attached hydrogen (secondary N) is 1. The lowest BCUT2D eigenvalue weighted by Gasteiger charge is -2.15. The molecule has 0 saturated heterocycles. The van der Waals surface area contributed by atoms with Gasteiger partial charge in [0.15, 0.2) is 5.82 Å². The van der Waals surface area contributed by atoms with Gasteiger partial charge >= 0.3 is 0 Å². The molecule has 0 saturated carbocycles. The van der Waals surface area contributed by atoms with Crippen LogP contribution in [0, 0.1) is 6.92 Å². The van der Waals surface area contributed by atoms with Crippen LogP contribution < -0.4 is 5.32 Å². The third kappa shape index (κ3) is 2.77. The van der Waals surface area contributed by atoms with E-state index in [1.54, 1.807) is 20.4 Å². The predicted octanol–water partition coefficient (Wildman–Crippen LogP) is 1.11. The fourth-order valence-electron chi connectivity index (χ4n) is 1.79. The molecule has 0 aliphatic heterocycles. The maximum absolute atomic E-state index is 5.29. The number of hydrogen-bond donors (Lipinski definition) is 1. The van der Waals surface area contributed by atoms with Crippen molar-refractivity contribution < 1.29 is 9.47 Å². The average molecular weight is 250 g/mol. The standard InChI is InChI=1S/C12H18N4O2/c1-9-6-11-12(13-4-5-16(11)15-9)14-7-10(18-3)8-17-2/h4-6,10H,7-8H2,1-3H3,(H,13,14). The van der Waals surface area contributed by atoms with E-state index >= 15 is 0 Å². The molecule has 2 aromatic rings. The lowest BCUT2D eigenvalue weighted by atomic mass is 10.3. The molecule has 98 valence electrons. The molecule has 6 nitrogen and oxygen atoms in total. The topological polar surface area (TPSA) is 60.7 Å². The molecule has 0 aliphatic carbocycles. The number of methoxy groups -OCH3 is 2. The van der Waals surface area contributed by atoms with Gasteiger partial charge in [0, 0.05) is 33.2 Å². The molecule has 1 N–H and O–H groups in total. The Kier molecular flexibility index (Phi) is 4.11. The Labute approximate surface area is 106 Å². The van der Waals surface area contributed by atoms with Gasteiger partial charge in [0.1, 0.15) is 5.52 Å². The van der Waals surface area contributed by atoms with Gasteiger partial charge < -0.3 is 14.8 Å². The molecular formula is C12H18N4O2. The molecule has 0 aromatic carbocycles. The molecule has 2 rings (SSSR count). The molecule has 0 amide bonds. The number of rotatable bonds is 6. The van der Waals surface area contributed by atoms with Crippen LogP contribution in [0.4, 0.5) is 5.82 Å². The highest BCUT2D eigenvalue weighted by Crippen LogP contribution is 2.14. The quantitative estimate of drug-likeness (QED) is 0.832. The van der Waals surface area contributed by atoms with Crippen molar-refractivity contribution in [2.75, 3.05) is 32.7 Å². The van der Waals surface area contributed by atoms with E-state index in [9.17, 15) is 0 Å². The number of nitrogens with zero attached hydrogens (tertiary/aromatic N) is 3. The first-order chi connectivity index (χ1) is 8.74. The third-order valence-electron chi connectivity index (χ3n) is 2.70. The summed E-state index contributed by atoms with van der Waals surface area (Å²) in [5, 5.41) is 7.60. The Morgan fingerprint density at radius 2 is 2.28 bits per heavy atom. The maximum atomic E-state index is 5.29. The van der Waals surface area contributed by atoms with Crippen LogP contribution in [0.3, 0.4) is 0 Å². The summed E-state index contributed by atoms with van der Waals surface area (Å²) in [5.41, 5.74) is 1.92. The summed E-state index contributed by atoms with van der Waals surface area (Å²) in [5.74, 6) is 0.802. The fraction of sp³-hybridized carbons (Fsp3) is 0.500. The molecule has 0 aliphatic rings. The lowest BCUT2D eigenvalue weighted by molar-refractivity contribution is 0.0365. The Hall–Kier alpha value is -1.66. The fourth-order valence-corrected chi connectivity index (χ4v) is 1.79. The number of hydrogen-bond acceptors (Lipinski definition) is 5. The maximum Gasteiger partial charge on any atom is 0.152 e. The minimum absolute atomic E-state index is 0.000995. The van der Waals surface area contributed by atoms with Crippen molar-refractivity contribution >= 4 is 11.3 Å². The number of aryl methyl sites for hydroxylation is 1. The van der Waals surface area contributed by atoms with Crippen molar-refractivity contribution in [3.63, 3.8) is 0 Å². The van der Waals surface area contributed by atoms with Crippen LogP contribution in [0.5, 0.6) is 0 Å². The van der Waals surface area contributed by atoms with Crippen LogP contribution in [0.2, 0.25) is 0 Å². The second-order valence-electron chi connectivity index (χ2n) is 4.09. The number of anilines is 1. The van der Waals surface area contributed by atoms with Gasteiger partial charge in [-0.15, -0.1) is 0 Å². The summed E-state index contributed by atoms with van der Waals surface area (Å²) in [6.07, 6.45) is 3.55. The zero-order chi connectivity index (χ0) is 13.0. The van der Waals surface area contributed by atoms with E-state index < -0.39 is 0 Å². The normalized spacial score (nSPS) is 12.8. The van der Waals surface area contributed by atoms with Crippen molar-refractivity contribution in [3.05, 3.63) is 24.2 Å². The van der Waals surface area contributed by atoms with Crippen LogP contribution in [0.15, 0.2) is 18.5 Å². The zero-order valence-corrected chi connectivity index (χ0v) is 10.9. The van der Waals surface area contributed by atoms with E-state index in [0.29, 0.717) is 13.2 Å². The first-order valence-corrected chi connectivity index (χ1v) is 5.81. The predicted molar refractivity (Wildman–Crippen MR) is 68.9 cm³/mol. The van der Waals surface area contributed by atoms with Crippen molar-refractivity contribution in [3.8, 4) is 0 Å². The van der Waals surface area contributed by atoms with Crippen LogP contribution >= 0.6 is 0 Å². The summed E-state index contributed by atoms with van der Waals surface area (Å²) in [4.78, 5) is 4.32. The second kappa shape index (κ2) is 5.79. The zero-order valence-electron chi connectivity index (χ0n) is 10.9. The molecule has 0 bridgehead atoms. The summed E-state index contributed by atoms with van der Waals surface area (Å²) in [7, 11) is 3.33. The van der Waals surface area contributed by atoms with Gasteiger partial charge in [-0.1, -0.05) is 0 Å². The highest BCUT2D eigenvalue weighted by molar-refractivity contribution is 5.67. The molecule has 1 atom stereocenters. The van der Waals surface area contributed by atoms with Crippen LogP contribution in [-0.2, 0) is 9.47 Å². The van der Waals surface area contributed by atoms with E-state index in [1.165, 1.54) is 0 Å². The van der Waals surface area contributed by atoms with Crippen molar-refractivity contribution in [2.24, 2.45) is 0 Å². The summed E-state index contributed by atoms with van der Waals surface area (Å²) >= 11 is 0. The largest absolute Gasteiger partial charge is 0.382 e. The monoisotopic (exact) mass is 250 g/mol. The van der Waals surface area contributed by atoms with E-state index in [2.05, 4.69) is 15.4 Å². The van der Waals surface area contributed by atoms with Crippen molar-refractivity contribution in [1.29, 1.82) is 0 Å². The van der Waals surface area contributed by atoms with E-state index in [4.69, 9.17) is 9.47 Å². The molecule has 2 heterocycles. The number of aromatic nitrogens is 3. The number of ether oxygens (including phenoxy) is 2. The molecule has 2 aromatic heterocycles.